The van der Waals surface area contributed by atoms with Crippen LogP contribution in [0, 0.1) is 13.8 Å². The number of rotatable bonds is 5. The van der Waals surface area contributed by atoms with Crippen molar-refractivity contribution in [2.45, 2.75) is 31.9 Å². The highest BCUT2D eigenvalue weighted by Gasteiger charge is 2.38. The summed E-state index contributed by atoms with van der Waals surface area (Å²) in [5.41, 5.74) is 7.12. The molecule has 4 aromatic rings. The molecular formula is C32H32N4O2S. The van der Waals surface area contributed by atoms with Gasteiger partial charge in [-0.25, -0.2) is 4.68 Å². The van der Waals surface area contributed by atoms with Crippen LogP contribution in [0.1, 0.15) is 40.3 Å². The highest BCUT2D eigenvalue weighted by Crippen LogP contribution is 2.49. The Morgan fingerprint density at radius 1 is 0.923 bits per heavy atom. The minimum Gasteiger partial charge on any atom is -0.341 e. The zero-order chi connectivity index (χ0) is 26.9. The fourth-order valence-electron chi connectivity index (χ4n) is 5.52. The molecule has 6 rings (SSSR count). The molecule has 39 heavy (non-hydrogen) atoms. The quantitative estimate of drug-likeness (QED) is 0.316. The molecule has 6 nitrogen and oxygen atoms in total. The van der Waals surface area contributed by atoms with Gasteiger partial charge >= 0.3 is 0 Å². The smallest absolute Gasteiger partial charge is 0.242 e. The minimum absolute atomic E-state index is 0.0101. The Balaban J connectivity index is 1.61. The average molecular weight is 537 g/mol. The van der Waals surface area contributed by atoms with E-state index in [9.17, 15) is 9.59 Å². The summed E-state index contributed by atoms with van der Waals surface area (Å²) in [6.45, 7) is 5.68. The van der Waals surface area contributed by atoms with E-state index in [4.69, 9.17) is 5.10 Å². The van der Waals surface area contributed by atoms with Crippen LogP contribution in [-0.4, -0.2) is 51.9 Å². The second kappa shape index (κ2) is 10.7. The number of likely N-dealkylation sites (tertiary alicyclic amines) is 1. The van der Waals surface area contributed by atoms with Crippen LogP contribution in [0.4, 0.5) is 5.82 Å². The molecule has 2 aliphatic heterocycles. The molecule has 0 radical (unpaired) electrons. The number of fused-ring (bicyclic) bond motifs is 1. The summed E-state index contributed by atoms with van der Waals surface area (Å²) in [5.74, 6) is 0.888. The molecule has 0 spiro atoms. The van der Waals surface area contributed by atoms with Crippen molar-refractivity contribution >= 4 is 29.4 Å². The zero-order valence-electron chi connectivity index (χ0n) is 22.3. The minimum atomic E-state index is -0.119. The first-order chi connectivity index (χ1) is 19.0. The molecule has 198 valence electrons. The lowest BCUT2D eigenvalue weighted by Crippen LogP contribution is -2.43. The third-order valence-corrected chi connectivity index (χ3v) is 8.87. The number of hydrogen-bond donors (Lipinski definition) is 0. The lowest BCUT2D eigenvalue weighted by atomic mass is 9.97. The van der Waals surface area contributed by atoms with E-state index in [1.807, 2.05) is 46.0 Å². The number of thioether (sulfide) groups is 1. The zero-order valence-corrected chi connectivity index (χ0v) is 23.2. The van der Waals surface area contributed by atoms with Crippen LogP contribution < -0.4 is 4.90 Å². The largest absolute Gasteiger partial charge is 0.341 e. The Labute approximate surface area is 233 Å². The van der Waals surface area contributed by atoms with Gasteiger partial charge in [0.05, 0.1) is 22.4 Å². The van der Waals surface area contributed by atoms with E-state index >= 15 is 0 Å². The van der Waals surface area contributed by atoms with Gasteiger partial charge in [0.25, 0.3) is 0 Å². The van der Waals surface area contributed by atoms with Crippen LogP contribution in [0.25, 0.3) is 16.9 Å². The number of anilines is 1. The molecule has 1 aromatic heterocycles. The van der Waals surface area contributed by atoms with Crippen LogP contribution in [-0.2, 0) is 9.59 Å². The molecule has 0 saturated carbocycles. The van der Waals surface area contributed by atoms with E-state index in [-0.39, 0.29) is 29.4 Å². The summed E-state index contributed by atoms with van der Waals surface area (Å²) < 4.78 is 1.88. The highest BCUT2D eigenvalue weighted by molar-refractivity contribution is 8.00. The molecule has 1 fully saturated rings. The molecule has 3 heterocycles. The van der Waals surface area contributed by atoms with Gasteiger partial charge in [0.15, 0.2) is 0 Å². The predicted octanol–water partition coefficient (Wildman–Crippen LogP) is 5.95. The van der Waals surface area contributed by atoms with E-state index in [1.54, 1.807) is 16.7 Å². The summed E-state index contributed by atoms with van der Waals surface area (Å²) in [6.07, 6.45) is 2.02. The lowest BCUT2D eigenvalue weighted by Gasteiger charge is -2.25. The molecule has 2 aliphatic rings. The monoisotopic (exact) mass is 536 g/mol. The maximum Gasteiger partial charge on any atom is 0.242 e. The van der Waals surface area contributed by atoms with Gasteiger partial charge in [-0.1, -0.05) is 72.3 Å². The third kappa shape index (κ3) is 4.87. The molecule has 7 heteroatoms. The Morgan fingerprint density at radius 3 is 2.33 bits per heavy atom. The number of hydrogen-bond acceptors (Lipinski definition) is 4. The van der Waals surface area contributed by atoms with Crippen molar-refractivity contribution in [1.29, 1.82) is 0 Å². The molecule has 1 saturated heterocycles. The molecule has 0 aliphatic carbocycles. The van der Waals surface area contributed by atoms with E-state index in [0.717, 1.165) is 65.1 Å². The fourth-order valence-corrected chi connectivity index (χ4v) is 6.82. The second-order valence-corrected chi connectivity index (χ2v) is 11.4. The van der Waals surface area contributed by atoms with Gasteiger partial charge in [-0.05, 0) is 49.9 Å². The van der Waals surface area contributed by atoms with Crippen LogP contribution in [0.3, 0.4) is 0 Å². The number of benzene rings is 3. The number of aromatic nitrogens is 2. The molecule has 0 bridgehead atoms. The van der Waals surface area contributed by atoms with Crippen molar-refractivity contribution in [2.24, 2.45) is 0 Å². The van der Waals surface area contributed by atoms with Crippen LogP contribution in [0.15, 0.2) is 78.9 Å². The number of aryl methyl sites for hydroxylation is 2. The second-order valence-electron chi connectivity index (χ2n) is 10.3. The van der Waals surface area contributed by atoms with Gasteiger partial charge in [0.2, 0.25) is 11.8 Å². The van der Waals surface area contributed by atoms with E-state index in [2.05, 4.69) is 56.3 Å². The summed E-state index contributed by atoms with van der Waals surface area (Å²) >= 11 is 1.62. The average Bonchev–Trinajstić information content (AvgIpc) is 3.60. The summed E-state index contributed by atoms with van der Waals surface area (Å²) in [4.78, 5) is 30.9. The SMILES string of the molecule is Cc1ccc(-n2nc(-c3ccccc3)c3c2N(CC(=O)N2CCCC2)C(=O)CSC3c2ccccc2C)cc1. The standard InChI is InChI=1S/C32H32N4O2S/c1-22-14-16-25(17-15-22)36-32-29(30(33-36)24-11-4-3-5-12-24)31(26-13-7-6-10-23(26)2)39-21-28(38)35(32)20-27(37)34-18-8-9-19-34/h3-7,10-17,31H,8-9,18-21H2,1-2H3. The predicted molar refractivity (Wildman–Crippen MR) is 157 cm³/mol. The molecular weight excluding hydrogens is 504 g/mol. The van der Waals surface area contributed by atoms with Crippen molar-refractivity contribution in [2.75, 3.05) is 30.3 Å². The van der Waals surface area contributed by atoms with Crippen molar-refractivity contribution in [3.63, 3.8) is 0 Å². The van der Waals surface area contributed by atoms with Gasteiger partial charge in [-0.3, -0.25) is 14.5 Å². The fraction of sp³-hybridized carbons (Fsp3) is 0.281. The van der Waals surface area contributed by atoms with Gasteiger partial charge in [-0.15, -0.1) is 11.8 Å². The highest BCUT2D eigenvalue weighted by atomic mass is 32.2. The Kier molecular flexibility index (Phi) is 7.00. The van der Waals surface area contributed by atoms with Crippen molar-refractivity contribution < 1.29 is 9.59 Å². The first-order valence-corrected chi connectivity index (χ1v) is 14.6. The summed E-state index contributed by atoms with van der Waals surface area (Å²) in [5, 5.41) is 5.06. The van der Waals surface area contributed by atoms with Crippen molar-refractivity contribution in [1.82, 2.24) is 14.7 Å². The van der Waals surface area contributed by atoms with E-state index in [0.29, 0.717) is 5.82 Å². The topological polar surface area (TPSA) is 58.4 Å². The van der Waals surface area contributed by atoms with Gasteiger partial charge < -0.3 is 4.90 Å². The van der Waals surface area contributed by atoms with Crippen LogP contribution in [0.5, 0.6) is 0 Å². The first kappa shape index (κ1) is 25.4. The number of amides is 2. The maximum absolute atomic E-state index is 13.9. The lowest BCUT2D eigenvalue weighted by molar-refractivity contribution is -0.130. The van der Waals surface area contributed by atoms with Crippen LogP contribution >= 0.6 is 11.8 Å². The van der Waals surface area contributed by atoms with Gasteiger partial charge in [0, 0.05) is 24.2 Å². The molecule has 3 aromatic carbocycles. The van der Waals surface area contributed by atoms with Crippen molar-refractivity contribution in [3.05, 3.63) is 101 Å². The Morgan fingerprint density at radius 2 is 1.62 bits per heavy atom. The van der Waals surface area contributed by atoms with E-state index < -0.39 is 0 Å². The van der Waals surface area contributed by atoms with E-state index in [1.165, 1.54) is 0 Å². The third-order valence-electron chi connectivity index (χ3n) is 7.64. The first-order valence-electron chi connectivity index (χ1n) is 13.5. The maximum atomic E-state index is 13.9. The summed E-state index contributed by atoms with van der Waals surface area (Å²) in [7, 11) is 0. The molecule has 0 N–H and O–H groups in total. The van der Waals surface area contributed by atoms with Crippen LogP contribution in [0.2, 0.25) is 0 Å². The summed E-state index contributed by atoms with van der Waals surface area (Å²) in [6, 6.07) is 26.7. The molecule has 1 atom stereocenters. The molecule has 1 unspecified atom stereocenters. The molecule has 2 amide bonds. The van der Waals surface area contributed by atoms with Gasteiger partial charge in [-0.2, -0.15) is 5.10 Å². The Bertz CT molecular complexity index is 1510. The number of nitrogens with zero attached hydrogens (tertiary/aromatic N) is 4. The normalized spacial score (nSPS) is 17.3. The number of carbonyl (C=O) groups excluding carboxylic acids is 2. The Hall–Kier alpha value is -3.84. The number of carbonyl (C=O) groups is 2. The van der Waals surface area contributed by atoms with Crippen molar-refractivity contribution in [3.8, 4) is 16.9 Å². The van der Waals surface area contributed by atoms with Gasteiger partial charge in [0.1, 0.15) is 12.4 Å².